The van der Waals surface area contributed by atoms with E-state index in [2.05, 4.69) is 23.6 Å². The van der Waals surface area contributed by atoms with Crippen molar-refractivity contribution < 1.29 is 19.5 Å². The summed E-state index contributed by atoms with van der Waals surface area (Å²) in [6, 6.07) is 0. The summed E-state index contributed by atoms with van der Waals surface area (Å²) in [5.41, 5.74) is 2.32. The molecular weight excluding hydrogens is 404 g/mol. The second-order valence-corrected chi connectivity index (χ2v) is 8.95. The Morgan fingerprint density at radius 3 is 2.53 bits per heavy atom. The lowest BCUT2D eigenvalue weighted by Gasteiger charge is -2.23. The van der Waals surface area contributed by atoms with E-state index in [1.54, 1.807) is 20.0 Å². The molecule has 32 heavy (non-hydrogen) atoms. The number of nitrogens with one attached hydrogen (secondary N) is 2. The molecular formula is C26H36N2O4. The number of aliphatic hydroxyl groups is 1. The van der Waals surface area contributed by atoms with Crippen LogP contribution in [0.4, 0.5) is 0 Å². The number of carbonyl (C=O) groups excluding carboxylic acids is 3. The predicted molar refractivity (Wildman–Crippen MR) is 126 cm³/mol. The van der Waals surface area contributed by atoms with Gasteiger partial charge in [0.05, 0.1) is 17.5 Å². The van der Waals surface area contributed by atoms with Gasteiger partial charge in [0, 0.05) is 30.2 Å². The summed E-state index contributed by atoms with van der Waals surface area (Å²) in [5, 5.41) is 16.1. The highest BCUT2D eigenvalue weighted by Gasteiger charge is 2.30. The van der Waals surface area contributed by atoms with Gasteiger partial charge < -0.3 is 15.7 Å². The molecule has 0 saturated heterocycles. The largest absolute Gasteiger partial charge is 0.393 e. The number of fused-ring (bicyclic) bond motifs is 2. The Labute approximate surface area is 191 Å². The number of Topliss-reactive ketones (excluding diaryl/α,β-unsaturated/α-hetero) is 1. The molecule has 0 radical (unpaired) electrons. The molecule has 0 aromatic rings. The normalized spacial score (nSPS) is 31.1. The molecule has 0 aromatic carbocycles. The highest BCUT2D eigenvalue weighted by molar-refractivity contribution is 6.23. The third-order valence-corrected chi connectivity index (χ3v) is 6.05. The molecule has 2 bridgehead atoms. The van der Waals surface area contributed by atoms with Crippen LogP contribution in [-0.2, 0) is 14.4 Å². The molecule has 6 heteroatoms. The summed E-state index contributed by atoms with van der Waals surface area (Å²) in [5.74, 6) is -0.959. The number of aliphatic hydroxyl groups excluding tert-OH is 1. The van der Waals surface area contributed by atoms with Gasteiger partial charge in [-0.3, -0.25) is 14.4 Å². The second-order valence-electron chi connectivity index (χ2n) is 8.95. The lowest BCUT2D eigenvalue weighted by molar-refractivity contribution is -0.120. The van der Waals surface area contributed by atoms with Gasteiger partial charge in [-0.2, -0.15) is 0 Å². The van der Waals surface area contributed by atoms with E-state index >= 15 is 0 Å². The monoisotopic (exact) mass is 440 g/mol. The second kappa shape index (κ2) is 11.8. The lowest BCUT2D eigenvalue weighted by Crippen LogP contribution is -2.35. The maximum atomic E-state index is 13.1. The fraction of sp³-hybridized carbons (Fsp3) is 0.500. The molecule has 0 aromatic heterocycles. The Kier molecular flexibility index (Phi) is 9.39. The van der Waals surface area contributed by atoms with Gasteiger partial charge in [0.1, 0.15) is 0 Å². The van der Waals surface area contributed by atoms with Crippen LogP contribution in [0.3, 0.4) is 0 Å². The number of hydrogen-bond acceptors (Lipinski definition) is 5. The van der Waals surface area contributed by atoms with Crippen molar-refractivity contribution in [2.75, 3.05) is 7.05 Å². The number of rotatable bonds is 1. The Hall–Kier alpha value is -2.73. The van der Waals surface area contributed by atoms with Gasteiger partial charge in [-0.05, 0) is 51.9 Å². The first-order valence-corrected chi connectivity index (χ1v) is 11.4. The number of ketones is 2. The van der Waals surface area contributed by atoms with Gasteiger partial charge in [0.15, 0.2) is 0 Å². The average Bonchev–Trinajstić information content (AvgIpc) is 2.74. The topological polar surface area (TPSA) is 95.5 Å². The molecule has 0 fully saturated rings. The molecule has 2 rings (SSSR count). The summed E-state index contributed by atoms with van der Waals surface area (Å²) >= 11 is 0. The van der Waals surface area contributed by atoms with Crippen LogP contribution in [0.5, 0.6) is 0 Å². The Bertz CT molecular complexity index is 905. The van der Waals surface area contributed by atoms with E-state index in [0.29, 0.717) is 24.0 Å². The van der Waals surface area contributed by atoms with Crippen molar-refractivity contribution in [1.82, 2.24) is 10.6 Å². The molecule has 1 heterocycles. The minimum absolute atomic E-state index is 0.00401. The van der Waals surface area contributed by atoms with Gasteiger partial charge in [-0.15, -0.1) is 0 Å². The van der Waals surface area contributed by atoms with E-state index in [0.717, 1.165) is 19.3 Å². The van der Waals surface area contributed by atoms with Crippen LogP contribution in [0.1, 0.15) is 59.8 Å². The van der Waals surface area contributed by atoms with E-state index in [1.807, 2.05) is 26.0 Å². The van der Waals surface area contributed by atoms with E-state index < -0.39 is 12.0 Å². The van der Waals surface area contributed by atoms with Crippen molar-refractivity contribution in [1.29, 1.82) is 0 Å². The van der Waals surface area contributed by atoms with Gasteiger partial charge in [0.25, 0.3) is 5.91 Å². The molecule has 0 spiro atoms. The summed E-state index contributed by atoms with van der Waals surface area (Å²) in [4.78, 5) is 38.3. The minimum atomic E-state index is -0.466. The first kappa shape index (κ1) is 25.5. The van der Waals surface area contributed by atoms with Crippen molar-refractivity contribution in [3.8, 4) is 0 Å². The van der Waals surface area contributed by atoms with Crippen LogP contribution in [0.2, 0.25) is 0 Å². The number of likely N-dealkylation sites (N-methyl/N-ethyl adjacent to an activating group) is 1. The summed E-state index contributed by atoms with van der Waals surface area (Å²) in [6.07, 6.45) is 11.8. The number of amides is 1. The van der Waals surface area contributed by atoms with Crippen LogP contribution < -0.4 is 10.6 Å². The lowest BCUT2D eigenvalue weighted by atomic mass is 9.86. The highest BCUT2D eigenvalue weighted by Crippen LogP contribution is 2.27. The fourth-order valence-electron chi connectivity index (χ4n) is 3.98. The van der Waals surface area contributed by atoms with Crippen LogP contribution in [0, 0.1) is 11.8 Å². The molecule has 3 N–H and O–H groups in total. The SMILES string of the molecule is CNC1=C2CC(C)CCC(O)C(C)/C=C(\C)CC/C=C\C=C(/C)C(=O)NC(=CC1=O)C2=O. The predicted octanol–water partition coefficient (Wildman–Crippen LogP) is 3.66. The maximum Gasteiger partial charge on any atom is 0.251 e. The number of carbonyl (C=O) groups is 3. The highest BCUT2D eigenvalue weighted by atomic mass is 16.3. The molecule has 2 aliphatic rings. The van der Waals surface area contributed by atoms with Crippen LogP contribution in [0.15, 0.2) is 58.5 Å². The van der Waals surface area contributed by atoms with E-state index in [-0.39, 0.29) is 34.8 Å². The Balaban J connectivity index is 2.35. The number of allylic oxidation sites excluding steroid dienone is 6. The van der Waals surface area contributed by atoms with E-state index in [1.165, 1.54) is 11.6 Å². The fourth-order valence-corrected chi connectivity index (χ4v) is 3.98. The van der Waals surface area contributed by atoms with Crippen LogP contribution >= 0.6 is 0 Å². The standard InChI is InChI=1S/C26H36N2O4/c1-16-9-7-6-8-10-18(3)26(32)28-21-15-23(30)24(27-5)20(25(21)31)14-17(2)11-12-22(29)19(4)13-16/h6,8,10,13,15,17,19,22,27,29H,7,9,11-12,14H2,1-5H3,(H,28,32)/b8-6-,16-13+,18-10+. The Morgan fingerprint density at radius 2 is 1.84 bits per heavy atom. The molecule has 1 aliphatic heterocycles. The van der Waals surface area contributed by atoms with Crippen molar-refractivity contribution in [2.45, 2.75) is 65.9 Å². The first-order chi connectivity index (χ1) is 15.1. The average molecular weight is 441 g/mol. The van der Waals surface area contributed by atoms with Crippen molar-refractivity contribution in [2.24, 2.45) is 11.8 Å². The van der Waals surface area contributed by atoms with Crippen LogP contribution in [0.25, 0.3) is 0 Å². The first-order valence-electron chi connectivity index (χ1n) is 11.4. The van der Waals surface area contributed by atoms with Gasteiger partial charge >= 0.3 is 0 Å². The zero-order valence-electron chi connectivity index (χ0n) is 19.8. The summed E-state index contributed by atoms with van der Waals surface area (Å²) < 4.78 is 0. The third kappa shape index (κ3) is 6.89. The Morgan fingerprint density at radius 1 is 1.12 bits per heavy atom. The van der Waals surface area contributed by atoms with Crippen molar-refractivity contribution >= 4 is 17.5 Å². The quantitative estimate of drug-likeness (QED) is 0.427. The third-order valence-electron chi connectivity index (χ3n) is 6.05. The molecule has 174 valence electrons. The molecule has 0 saturated carbocycles. The maximum absolute atomic E-state index is 13.1. The minimum Gasteiger partial charge on any atom is -0.393 e. The van der Waals surface area contributed by atoms with E-state index in [9.17, 15) is 19.5 Å². The summed E-state index contributed by atoms with van der Waals surface area (Å²) in [6.45, 7) is 7.76. The summed E-state index contributed by atoms with van der Waals surface area (Å²) in [7, 11) is 1.61. The van der Waals surface area contributed by atoms with E-state index in [4.69, 9.17) is 0 Å². The zero-order chi connectivity index (χ0) is 23.8. The molecule has 1 amide bonds. The van der Waals surface area contributed by atoms with Gasteiger partial charge in [-0.25, -0.2) is 0 Å². The smallest absolute Gasteiger partial charge is 0.251 e. The van der Waals surface area contributed by atoms with Gasteiger partial charge in [0.2, 0.25) is 11.6 Å². The van der Waals surface area contributed by atoms with Crippen LogP contribution in [-0.4, -0.2) is 35.7 Å². The molecule has 3 unspecified atom stereocenters. The van der Waals surface area contributed by atoms with Crippen molar-refractivity contribution in [3.05, 3.63) is 58.5 Å². The molecule has 6 nitrogen and oxygen atoms in total. The number of hydrogen-bond donors (Lipinski definition) is 3. The molecule has 3 atom stereocenters. The zero-order valence-corrected chi connectivity index (χ0v) is 19.8. The van der Waals surface area contributed by atoms with Crippen molar-refractivity contribution in [3.63, 3.8) is 0 Å². The van der Waals surface area contributed by atoms with Gasteiger partial charge in [-0.1, -0.05) is 43.7 Å². The molecule has 1 aliphatic carbocycles.